The number of phenolic OH excluding ortho intramolecular Hbond substituents is 1. The molecule has 160 valence electrons. The molecule has 2 aromatic carbocycles. The van der Waals surface area contributed by atoms with E-state index in [1.165, 1.54) is 13.1 Å². The summed E-state index contributed by atoms with van der Waals surface area (Å²) in [5, 5.41) is 25.4. The number of carbonyl (C=O) groups excluding carboxylic acids is 2. The molecule has 0 aliphatic heterocycles. The average Bonchev–Trinajstić information content (AvgIpc) is 3.30. The van der Waals surface area contributed by atoms with E-state index in [-0.39, 0.29) is 34.0 Å². The fourth-order valence-electron chi connectivity index (χ4n) is 4.40. The van der Waals surface area contributed by atoms with Crippen molar-refractivity contribution in [1.82, 2.24) is 10.3 Å². The molecule has 2 atom stereocenters. The van der Waals surface area contributed by atoms with Gasteiger partial charge in [-0.15, -0.1) is 0 Å². The summed E-state index contributed by atoms with van der Waals surface area (Å²) in [5.41, 5.74) is 4.11. The highest BCUT2D eigenvalue weighted by Crippen LogP contribution is 2.53. The first kappa shape index (κ1) is 20.7. The Morgan fingerprint density at radius 1 is 1.16 bits per heavy atom. The predicted molar refractivity (Wildman–Crippen MR) is 117 cm³/mol. The number of carbonyl (C=O) groups is 2. The van der Waals surface area contributed by atoms with Gasteiger partial charge in [0.15, 0.2) is 11.3 Å². The molecule has 7 nitrogen and oxygen atoms in total. The zero-order chi connectivity index (χ0) is 22.6. The zero-order valence-electron chi connectivity index (χ0n) is 17.6. The molecule has 0 bridgehead atoms. The number of nitrogen functional groups attached to an aromatic ring is 1. The van der Waals surface area contributed by atoms with E-state index in [0.29, 0.717) is 5.56 Å². The maximum Gasteiger partial charge on any atom is 0.253 e. The van der Waals surface area contributed by atoms with Crippen molar-refractivity contribution in [3.63, 3.8) is 0 Å². The molecule has 1 aliphatic rings. The summed E-state index contributed by atoms with van der Waals surface area (Å²) in [6, 6.07) is 11.3. The van der Waals surface area contributed by atoms with Gasteiger partial charge in [0.1, 0.15) is 11.4 Å². The van der Waals surface area contributed by atoms with Crippen LogP contribution in [0.15, 0.2) is 54.9 Å². The van der Waals surface area contributed by atoms with Gasteiger partial charge < -0.3 is 26.2 Å². The fraction of sp³-hybridized carbons (Fsp3) is 0.250. The number of amides is 1. The van der Waals surface area contributed by atoms with E-state index in [9.17, 15) is 19.8 Å². The number of phenols is 1. The Balaban J connectivity index is 1.99. The zero-order valence-corrected chi connectivity index (χ0v) is 17.6. The third-order valence-corrected chi connectivity index (χ3v) is 6.17. The number of nitrogens with one attached hydrogen (secondary N) is 2. The standard InChI is InChI=1S/C24H25N3O4/c1-13(2)14-7-8-16(19(28)11-14)24(27-22(30)15-9-10-26-12-15)21(29)20-17(23(24,3)31)5-4-6-18(20)25/h4-13,26,28,31H,25H2,1-3H3,(H,27,30)/t23-,24?/m1/s1. The number of fused-ring (bicyclic) bond motifs is 1. The lowest BCUT2D eigenvalue weighted by Crippen LogP contribution is -2.60. The highest BCUT2D eigenvalue weighted by molar-refractivity contribution is 6.15. The second-order valence-corrected chi connectivity index (χ2v) is 8.41. The number of H-pyrrole nitrogens is 1. The number of ketones is 1. The van der Waals surface area contributed by atoms with Crippen LogP contribution in [0.2, 0.25) is 0 Å². The SMILES string of the molecule is CC(C)c1ccc(C2(NC(=O)c3cc[nH]c3)C(=O)c3c(N)cccc3[C@@]2(C)O)c(O)c1. The second-order valence-electron chi connectivity index (χ2n) is 8.41. The van der Waals surface area contributed by atoms with Crippen LogP contribution >= 0.6 is 0 Å². The van der Waals surface area contributed by atoms with E-state index < -0.39 is 22.8 Å². The number of Topliss-reactive ketones (excluding diaryl/α,β-unsaturated/α-hetero) is 1. The van der Waals surface area contributed by atoms with Gasteiger partial charge in [0, 0.05) is 29.2 Å². The van der Waals surface area contributed by atoms with Crippen LogP contribution in [-0.4, -0.2) is 26.9 Å². The maximum atomic E-state index is 13.9. The van der Waals surface area contributed by atoms with Crippen LogP contribution in [-0.2, 0) is 11.1 Å². The number of aromatic amines is 1. The van der Waals surface area contributed by atoms with Crippen LogP contribution < -0.4 is 11.1 Å². The van der Waals surface area contributed by atoms with E-state index in [0.717, 1.165) is 5.56 Å². The van der Waals surface area contributed by atoms with Gasteiger partial charge >= 0.3 is 0 Å². The molecule has 1 amide bonds. The Morgan fingerprint density at radius 3 is 2.48 bits per heavy atom. The Morgan fingerprint density at radius 2 is 1.90 bits per heavy atom. The molecular weight excluding hydrogens is 394 g/mol. The number of rotatable bonds is 4. The van der Waals surface area contributed by atoms with Crippen molar-refractivity contribution < 1.29 is 19.8 Å². The minimum atomic E-state index is -1.97. The lowest BCUT2D eigenvalue weighted by atomic mass is 9.74. The third-order valence-electron chi connectivity index (χ3n) is 6.17. The molecule has 1 heterocycles. The Kier molecular flexibility index (Phi) is 4.66. The molecule has 31 heavy (non-hydrogen) atoms. The van der Waals surface area contributed by atoms with E-state index >= 15 is 0 Å². The highest BCUT2D eigenvalue weighted by atomic mass is 16.3. The van der Waals surface area contributed by atoms with E-state index in [1.807, 2.05) is 13.8 Å². The number of aromatic nitrogens is 1. The molecule has 0 fully saturated rings. The van der Waals surface area contributed by atoms with Gasteiger partial charge in [0.05, 0.1) is 5.56 Å². The minimum Gasteiger partial charge on any atom is -0.508 e. The van der Waals surface area contributed by atoms with Gasteiger partial charge in [-0.05, 0) is 42.2 Å². The van der Waals surface area contributed by atoms with Crippen molar-refractivity contribution in [1.29, 1.82) is 0 Å². The van der Waals surface area contributed by atoms with Gasteiger partial charge in [0.25, 0.3) is 5.91 Å². The number of hydrogen-bond donors (Lipinski definition) is 5. The summed E-state index contributed by atoms with van der Waals surface area (Å²) in [4.78, 5) is 29.7. The molecule has 0 spiro atoms. The Bertz CT molecular complexity index is 1180. The van der Waals surface area contributed by atoms with E-state index in [2.05, 4.69) is 10.3 Å². The number of hydrogen-bond acceptors (Lipinski definition) is 5. The summed E-state index contributed by atoms with van der Waals surface area (Å²) in [5.74, 6) is -1.21. The first-order valence-electron chi connectivity index (χ1n) is 10.1. The molecule has 3 aromatic rings. The maximum absolute atomic E-state index is 13.9. The molecule has 1 unspecified atom stereocenters. The molecule has 7 heteroatoms. The lowest BCUT2D eigenvalue weighted by Gasteiger charge is -2.40. The summed E-state index contributed by atoms with van der Waals surface area (Å²) in [6.07, 6.45) is 3.07. The van der Waals surface area contributed by atoms with Crippen molar-refractivity contribution in [3.05, 3.63) is 82.7 Å². The number of aromatic hydroxyl groups is 1. The normalized spacial score (nSPS) is 22.5. The molecular formula is C24H25N3O4. The van der Waals surface area contributed by atoms with Crippen LogP contribution in [0.4, 0.5) is 5.69 Å². The smallest absolute Gasteiger partial charge is 0.253 e. The van der Waals surface area contributed by atoms with Gasteiger partial charge in [-0.2, -0.15) is 0 Å². The lowest BCUT2D eigenvalue weighted by molar-refractivity contribution is -0.0220. The predicted octanol–water partition coefficient (Wildman–Crippen LogP) is 3.16. The van der Waals surface area contributed by atoms with Crippen LogP contribution in [0.5, 0.6) is 5.75 Å². The van der Waals surface area contributed by atoms with Crippen molar-refractivity contribution in [2.24, 2.45) is 0 Å². The first-order valence-corrected chi connectivity index (χ1v) is 10.1. The number of nitrogens with two attached hydrogens (primary N) is 1. The van der Waals surface area contributed by atoms with Gasteiger partial charge in [-0.3, -0.25) is 9.59 Å². The summed E-state index contributed by atoms with van der Waals surface area (Å²) in [6.45, 7) is 5.40. The first-order chi connectivity index (χ1) is 14.6. The molecule has 4 rings (SSSR count). The van der Waals surface area contributed by atoms with Crippen LogP contribution in [0, 0.1) is 0 Å². The highest BCUT2D eigenvalue weighted by Gasteiger charge is 2.64. The number of anilines is 1. The summed E-state index contributed by atoms with van der Waals surface area (Å²) in [7, 11) is 0. The Labute approximate surface area is 179 Å². The van der Waals surface area contributed by atoms with Crippen molar-refractivity contribution >= 4 is 17.4 Å². The van der Waals surface area contributed by atoms with Crippen molar-refractivity contribution in [2.75, 3.05) is 5.73 Å². The molecule has 0 radical (unpaired) electrons. The van der Waals surface area contributed by atoms with Gasteiger partial charge in [0.2, 0.25) is 0 Å². The van der Waals surface area contributed by atoms with Gasteiger partial charge in [-0.1, -0.05) is 38.1 Å². The topological polar surface area (TPSA) is 128 Å². The average molecular weight is 419 g/mol. The molecule has 0 saturated heterocycles. The van der Waals surface area contributed by atoms with Gasteiger partial charge in [-0.25, -0.2) is 0 Å². The van der Waals surface area contributed by atoms with Crippen molar-refractivity contribution in [3.8, 4) is 5.75 Å². The van der Waals surface area contributed by atoms with Crippen LogP contribution in [0.25, 0.3) is 0 Å². The quantitative estimate of drug-likeness (QED) is 0.415. The van der Waals surface area contributed by atoms with Crippen LogP contribution in [0.1, 0.15) is 64.1 Å². The largest absolute Gasteiger partial charge is 0.508 e. The molecule has 0 saturated carbocycles. The minimum absolute atomic E-state index is 0.103. The Hall–Kier alpha value is -3.58. The number of benzene rings is 2. The second kappa shape index (κ2) is 6.99. The van der Waals surface area contributed by atoms with Crippen LogP contribution in [0.3, 0.4) is 0 Å². The summed E-state index contributed by atoms with van der Waals surface area (Å²) >= 11 is 0. The molecule has 1 aliphatic carbocycles. The fourth-order valence-corrected chi connectivity index (χ4v) is 4.40. The monoisotopic (exact) mass is 419 g/mol. The summed E-state index contributed by atoms with van der Waals surface area (Å²) < 4.78 is 0. The van der Waals surface area contributed by atoms with E-state index in [4.69, 9.17) is 5.73 Å². The molecule has 6 N–H and O–H groups in total. The van der Waals surface area contributed by atoms with E-state index in [1.54, 1.807) is 48.7 Å². The number of aliphatic hydroxyl groups is 1. The third kappa shape index (κ3) is 2.84. The van der Waals surface area contributed by atoms with Crippen molar-refractivity contribution in [2.45, 2.75) is 37.8 Å². The molecule has 1 aromatic heterocycles.